The fourth-order valence-electron chi connectivity index (χ4n) is 3.46. The fourth-order valence-corrected chi connectivity index (χ4v) is 3.46. The van der Waals surface area contributed by atoms with Gasteiger partial charge < -0.3 is 15.5 Å². The molecular weight excluding hydrogens is 352 g/mol. The van der Waals surface area contributed by atoms with E-state index in [0.717, 1.165) is 37.4 Å². The summed E-state index contributed by atoms with van der Waals surface area (Å²) in [5, 5.41) is 7.36. The van der Waals surface area contributed by atoms with E-state index < -0.39 is 6.03 Å². The first-order valence-electron chi connectivity index (χ1n) is 9.36. The maximum absolute atomic E-state index is 12.0. The lowest BCUT2D eigenvalue weighted by Gasteiger charge is -2.34. The van der Waals surface area contributed by atoms with Gasteiger partial charge in [-0.3, -0.25) is 5.10 Å². The lowest BCUT2D eigenvalue weighted by atomic mass is 10.1. The highest BCUT2D eigenvalue weighted by Crippen LogP contribution is 2.29. The Labute approximate surface area is 164 Å². The second-order valence-corrected chi connectivity index (χ2v) is 6.99. The predicted octanol–water partition coefficient (Wildman–Crippen LogP) is 3.05. The maximum atomic E-state index is 12.0. The van der Waals surface area contributed by atoms with Gasteiger partial charge in [0.15, 0.2) is 5.82 Å². The molecule has 1 saturated heterocycles. The van der Waals surface area contributed by atoms with Crippen molar-refractivity contribution >= 4 is 23.2 Å². The standard InChI is InChI=1S/C21H24N6O/c1-25-10-12-26(13-11-25)18-9-5-6-16(14-18)19-15-20(24-23-19)27(21(22)28)17-7-3-2-4-8-17/h2-9,14-15H,10-13H2,1H3,(H2,22,28)(H,23,24). The number of urea groups is 1. The number of hydrogen-bond donors (Lipinski definition) is 2. The second-order valence-electron chi connectivity index (χ2n) is 6.99. The van der Waals surface area contributed by atoms with Crippen LogP contribution >= 0.6 is 0 Å². The Morgan fingerprint density at radius 1 is 1.04 bits per heavy atom. The van der Waals surface area contributed by atoms with E-state index in [9.17, 15) is 4.79 Å². The Morgan fingerprint density at radius 3 is 2.50 bits per heavy atom. The van der Waals surface area contributed by atoms with Gasteiger partial charge in [0, 0.05) is 43.5 Å². The first kappa shape index (κ1) is 18.1. The van der Waals surface area contributed by atoms with E-state index >= 15 is 0 Å². The molecule has 0 atom stereocenters. The van der Waals surface area contributed by atoms with Crippen molar-refractivity contribution in [3.05, 3.63) is 60.7 Å². The number of rotatable bonds is 4. The number of primary amides is 1. The molecule has 28 heavy (non-hydrogen) atoms. The number of nitrogens with two attached hydrogens (primary N) is 1. The number of likely N-dealkylation sites (N-methyl/N-ethyl adjacent to an activating group) is 1. The van der Waals surface area contributed by atoms with Gasteiger partial charge in [-0.25, -0.2) is 9.69 Å². The number of nitrogens with zero attached hydrogens (tertiary/aromatic N) is 4. The normalized spacial score (nSPS) is 14.8. The molecular formula is C21H24N6O. The number of piperazine rings is 1. The van der Waals surface area contributed by atoms with Crippen molar-refractivity contribution in [1.29, 1.82) is 0 Å². The van der Waals surface area contributed by atoms with E-state index in [1.165, 1.54) is 10.6 Å². The fraction of sp³-hybridized carbons (Fsp3) is 0.238. The monoisotopic (exact) mass is 376 g/mol. The second kappa shape index (κ2) is 7.74. The summed E-state index contributed by atoms with van der Waals surface area (Å²) in [7, 11) is 2.15. The first-order valence-corrected chi connectivity index (χ1v) is 9.36. The summed E-state index contributed by atoms with van der Waals surface area (Å²) in [5.41, 5.74) is 9.34. The Hall–Kier alpha value is -3.32. The number of carbonyl (C=O) groups is 1. The van der Waals surface area contributed by atoms with Crippen LogP contribution in [0.1, 0.15) is 0 Å². The van der Waals surface area contributed by atoms with Crippen LogP contribution in [0.3, 0.4) is 0 Å². The minimum absolute atomic E-state index is 0.471. The lowest BCUT2D eigenvalue weighted by Crippen LogP contribution is -2.44. The molecule has 7 heteroatoms. The molecule has 0 spiro atoms. The number of aromatic nitrogens is 2. The van der Waals surface area contributed by atoms with E-state index in [1.807, 2.05) is 48.5 Å². The van der Waals surface area contributed by atoms with Crippen molar-refractivity contribution in [2.24, 2.45) is 5.73 Å². The molecule has 2 aromatic carbocycles. The number of nitrogens with one attached hydrogen (secondary N) is 1. The van der Waals surface area contributed by atoms with Gasteiger partial charge in [0.25, 0.3) is 0 Å². The zero-order valence-electron chi connectivity index (χ0n) is 15.9. The number of anilines is 3. The average Bonchev–Trinajstić information content (AvgIpc) is 3.19. The molecule has 2 heterocycles. The van der Waals surface area contributed by atoms with Crippen LogP contribution in [-0.2, 0) is 0 Å². The molecule has 0 bridgehead atoms. The first-order chi connectivity index (χ1) is 13.6. The Bertz CT molecular complexity index is 946. The molecule has 3 N–H and O–H groups in total. The highest BCUT2D eigenvalue weighted by atomic mass is 16.2. The van der Waals surface area contributed by atoms with Gasteiger partial charge in [0.1, 0.15) is 0 Å². The van der Waals surface area contributed by atoms with E-state index in [4.69, 9.17) is 5.73 Å². The molecule has 0 unspecified atom stereocenters. The molecule has 144 valence electrons. The molecule has 3 aromatic rings. The Morgan fingerprint density at radius 2 is 1.79 bits per heavy atom. The van der Waals surface area contributed by atoms with E-state index in [0.29, 0.717) is 11.5 Å². The van der Waals surface area contributed by atoms with Crippen LogP contribution in [-0.4, -0.2) is 54.4 Å². The number of H-pyrrole nitrogens is 1. The van der Waals surface area contributed by atoms with Crippen LogP contribution in [0.2, 0.25) is 0 Å². The molecule has 0 saturated carbocycles. The molecule has 1 aliphatic rings. The van der Waals surface area contributed by atoms with Crippen LogP contribution in [0, 0.1) is 0 Å². The third-order valence-corrected chi connectivity index (χ3v) is 5.05. The quantitative estimate of drug-likeness (QED) is 0.733. The molecule has 1 aliphatic heterocycles. The van der Waals surface area contributed by atoms with Crippen LogP contribution < -0.4 is 15.5 Å². The summed E-state index contributed by atoms with van der Waals surface area (Å²) in [6.45, 7) is 4.14. The van der Waals surface area contributed by atoms with Gasteiger partial charge in [0.05, 0.1) is 11.4 Å². The Balaban J connectivity index is 1.60. The van der Waals surface area contributed by atoms with Crippen LogP contribution in [0.4, 0.5) is 22.0 Å². The topological polar surface area (TPSA) is 81.5 Å². The third kappa shape index (κ3) is 3.70. The highest BCUT2D eigenvalue weighted by molar-refractivity contribution is 5.97. The van der Waals surface area contributed by atoms with Crippen LogP contribution in [0.15, 0.2) is 60.7 Å². The van der Waals surface area contributed by atoms with E-state index in [2.05, 4.69) is 39.2 Å². The summed E-state index contributed by atoms with van der Waals surface area (Å²) in [5.74, 6) is 0.471. The largest absolute Gasteiger partial charge is 0.369 e. The van der Waals surface area contributed by atoms with Gasteiger partial charge in [0.2, 0.25) is 0 Å². The number of benzene rings is 2. The van der Waals surface area contributed by atoms with Crippen molar-refractivity contribution in [1.82, 2.24) is 15.1 Å². The van der Waals surface area contributed by atoms with E-state index in [-0.39, 0.29) is 0 Å². The smallest absolute Gasteiger partial charge is 0.325 e. The van der Waals surface area contributed by atoms with Gasteiger partial charge in [-0.2, -0.15) is 5.10 Å². The molecule has 1 fully saturated rings. The van der Waals surface area contributed by atoms with Crippen molar-refractivity contribution in [2.45, 2.75) is 0 Å². The van der Waals surface area contributed by atoms with Gasteiger partial charge in [-0.15, -0.1) is 0 Å². The number of hydrogen-bond acceptors (Lipinski definition) is 4. The number of amides is 2. The highest BCUT2D eigenvalue weighted by Gasteiger charge is 2.19. The zero-order chi connectivity index (χ0) is 19.5. The van der Waals surface area contributed by atoms with Crippen LogP contribution in [0.25, 0.3) is 11.3 Å². The molecule has 0 radical (unpaired) electrons. The summed E-state index contributed by atoms with van der Waals surface area (Å²) in [4.78, 5) is 18.1. The van der Waals surface area contributed by atoms with E-state index in [1.54, 1.807) is 0 Å². The molecule has 1 aromatic heterocycles. The number of aromatic amines is 1. The van der Waals surface area contributed by atoms with Gasteiger partial charge in [-0.1, -0.05) is 30.3 Å². The SMILES string of the molecule is CN1CCN(c2cccc(-c3cc(N(C(N)=O)c4ccccc4)n[nH]3)c2)CC1. The average molecular weight is 376 g/mol. The molecule has 4 rings (SSSR count). The van der Waals surface area contributed by atoms with Crippen molar-refractivity contribution in [3.63, 3.8) is 0 Å². The third-order valence-electron chi connectivity index (χ3n) is 5.05. The minimum atomic E-state index is -0.574. The molecule has 7 nitrogen and oxygen atoms in total. The Kier molecular flexibility index (Phi) is 4.99. The summed E-state index contributed by atoms with van der Waals surface area (Å²) < 4.78 is 0. The number of para-hydroxylation sites is 1. The molecule has 0 aliphatic carbocycles. The van der Waals surface area contributed by atoms with Crippen molar-refractivity contribution < 1.29 is 4.79 Å². The zero-order valence-corrected chi connectivity index (χ0v) is 15.9. The maximum Gasteiger partial charge on any atom is 0.325 e. The van der Waals surface area contributed by atoms with Crippen LogP contribution in [0.5, 0.6) is 0 Å². The lowest BCUT2D eigenvalue weighted by molar-refractivity contribution is 0.256. The van der Waals surface area contributed by atoms with Gasteiger partial charge >= 0.3 is 6.03 Å². The van der Waals surface area contributed by atoms with Crippen molar-refractivity contribution in [2.75, 3.05) is 43.0 Å². The number of carbonyl (C=O) groups excluding carboxylic acids is 1. The molecule has 2 amide bonds. The van der Waals surface area contributed by atoms with Crippen molar-refractivity contribution in [3.8, 4) is 11.3 Å². The van der Waals surface area contributed by atoms with Gasteiger partial charge in [-0.05, 0) is 31.3 Å². The summed E-state index contributed by atoms with van der Waals surface area (Å²) in [6, 6.07) is 18.9. The summed E-state index contributed by atoms with van der Waals surface area (Å²) >= 11 is 0. The predicted molar refractivity (Wildman–Crippen MR) is 112 cm³/mol. The minimum Gasteiger partial charge on any atom is -0.369 e. The summed E-state index contributed by atoms with van der Waals surface area (Å²) in [6.07, 6.45) is 0.